The van der Waals surface area contributed by atoms with E-state index in [0.29, 0.717) is 25.7 Å². The van der Waals surface area contributed by atoms with E-state index in [2.05, 4.69) is 10.6 Å². The Morgan fingerprint density at radius 1 is 0.846 bits per heavy atom. The first-order valence-corrected chi connectivity index (χ1v) is 11.1. The molecule has 26 heavy (non-hydrogen) atoms. The van der Waals surface area contributed by atoms with Gasteiger partial charge in [-0.3, -0.25) is 9.59 Å². The predicted octanol–water partition coefficient (Wildman–Crippen LogP) is 2.32. The van der Waals surface area contributed by atoms with Crippen LogP contribution < -0.4 is 10.6 Å². The van der Waals surface area contributed by atoms with Crippen molar-refractivity contribution in [1.82, 2.24) is 10.6 Å². The third-order valence-electron chi connectivity index (χ3n) is 6.29. The summed E-state index contributed by atoms with van der Waals surface area (Å²) in [6, 6.07) is 0.159. The lowest BCUT2D eigenvalue weighted by molar-refractivity contribution is -0.149. The van der Waals surface area contributed by atoms with Crippen molar-refractivity contribution < 1.29 is 19.5 Å². The largest absolute Gasteiger partial charge is 0.480 e. The van der Waals surface area contributed by atoms with Gasteiger partial charge in [0.05, 0.1) is 0 Å². The van der Waals surface area contributed by atoms with E-state index in [1.165, 1.54) is 0 Å². The Morgan fingerprint density at radius 2 is 1.42 bits per heavy atom. The lowest BCUT2D eigenvalue weighted by Gasteiger charge is -2.36. The van der Waals surface area contributed by atoms with Gasteiger partial charge >= 0.3 is 5.97 Å². The van der Waals surface area contributed by atoms with Gasteiger partial charge < -0.3 is 15.7 Å². The van der Waals surface area contributed by atoms with E-state index in [0.717, 1.165) is 50.0 Å². The van der Waals surface area contributed by atoms with Gasteiger partial charge in [-0.15, -0.1) is 0 Å². The predicted molar refractivity (Wildman–Crippen MR) is 101 cm³/mol. The van der Waals surface area contributed by atoms with Crippen LogP contribution in [0, 0.1) is 11.8 Å². The van der Waals surface area contributed by atoms with E-state index >= 15 is 0 Å². The SMILES string of the molecule is O=C(NC1CCC(C(=O)NC2(C(=O)O)CCSCC2)CC1)C1CCCC1. The lowest BCUT2D eigenvalue weighted by atomic mass is 9.83. The fraction of sp³-hybridized carbons (Fsp3) is 0.842. The molecule has 0 radical (unpaired) electrons. The van der Waals surface area contributed by atoms with Crippen molar-refractivity contribution in [2.45, 2.75) is 75.8 Å². The average Bonchev–Trinajstić information content (AvgIpc) is 3.18. The minimum atomic E-state index is -1.09. The maximum absolute atomic E-state index is 12.6. The van der Waals surface area contributed by atoms with Crippen molar-refractivity contribution in [2.75, 3.05) is 11.5 Å². The molecule has 146 valence electrons. The van der Waals surface area contributed by atoms with Gasteiger partial charge in [0, 0.05) is 17.9 Å². The van der Waals surface area contributed by atoms with Crippen molar-refractivity contribution in [1.29, 1.82) is 0 Å². The van der Waals surface area contributed by atoms with Gasteiger partial charge in [-0.2, -0.15) is 11.8 Å². The van der Waals surface area contributed by atoms with Gasteiger partial charge in [-0.25, -0.2) is 4.79 Å². The summed E-state index contributed by atoms with van der Waals surface area (Å²) in [4.78, 5) is 36.6. The van der Waals surface area contributed by atoms with E-state index in [9.17, 15) is 19.5 Å². The summed E-state index contributed by atoms with van der Waals surface area (Å²) in [6.07, 6.45) is 8.30. The average molecular weight is 383 g/mol. The molecule has 0 aromatic rings. The van der Waals surface area contributed by atoms with Gasteiger partial charge in [0.2, 0.25) is 11.8 Å². The topological polar surface area (TPSA) is 95.5 Å². The summed E-state index contributed by atoms with van der Waals surface area (Å²) in [6.45, 7) is 0. The molecule has 2 aliphatic carbocycles. The van der Waals surface area contributed by atoms with E-state index in [4.69, 9.17) is 0 Å². The number of rotatable bonds is 5. The second-order valence-corrected chi connectivity index (χ2v) is 9.25. The molecule has 0 aromatic carbocycles. The third kappa shape index (κ3) is 4.53. The highest BCUT2D eigenvalue weighted by atomic mass is 32.2. The summed E-state index contributed by atoms with van der Waals surface area (Å²) in [5.41, 5.74) is -1.09. The minimum absolute atomic E-state index is 0.125. The molecular formula is C19H30N2O4S. The van der Waals surface area contributed by atoms with Crippen molar-refractivity contribution in [2.24, 2.45) is 11.8 Å². The number of hydrogen-bond donors (Lipinski definition) is 3. The van der Waals surface area contributed by atoms with Gasteiger partial charge in [0.15, 0.2) is 0 Å². The van der Waals surface area contributed by atoms with E-state index < -0.39 is 11.5 Å². The molecule has 2 saturated carbocycles. The standard InChI is InChI=1S/C19H30N2O4S/c22-16(13-3-1-2-4-13)20-15-7-5-14(6-8-15)17(23)21-19(18(24)25)9-11-26-12-10-19/h13-15H,1-12H2,(H,20,22)(H,21,23)(H,24,25). The third-order valence-corrected chi connectivity index (χ3v) is 7.27. The van der Waals surface area contributed by atoms with E-state index in [-0.39, 0.29) is 29.7 Å². The van der Waals surface area contributed by atoms with Gasteiger partial charge in [-0.1, -0.05) is 12.8 Å². The van der Waals surface area contributed by atoms with Crippen LogP contribution in [0.15, 0.2) is 0 Å². The molecule has 6 nitrogen and oxygen atoms in total. The highest BCUT2D eigenvalue weighted by molar-refractivity contribution is 7.99. The van der Waals surface area contributed by atoms with Crippen molar-refractivity contribution in [3.63, 3.8) is 0 Å². The number of aliphatic carboxylic acids is 1. The summed E-state index contributed by atoms with van der Waals surface area (Å²) in [5, 5.41) is 15.6. The Hall–Kier alpha value is -1.24. The van der Waals surface area contributed by atoms with Crippen molar-refractivity contribution >= 4 is 29.5 Å². The summed E-state index contributed by atoms with van der Waals surface area (Å²) in [7, 11) is 0. The van der Waals surface area contributed by atoms with Crippen LogP contribution in [0.5, 0.6) is 0 Å². The van der Waals surface area contributed by atoms with Crippen LogP contribution in [-0.2, 0) is 14.4 Å². The molecule has 3 fully saturated rings. The maximum atomic E-state index is 12.6. The van der Waals surface area contributed by atoms with Crippen LogP contribution in [0.2, 0.25) is 0 Å². The molecule has 3 rings (SSSR count). The molecule has 0 atom stereocenters. The molecule has 0 unspecified atom stereocenters. The number of carbonyl (C=O) groups is 3. The Labute approximate surface area is 159 Å². The highest BCUT2D eigenvalue weighted by Crippen LogP contribution is 2.31. The maximum Gasteiger partial charge on any atom is 0.329 e. The quantitative estimate of drug-likeness (QED) is 0.678. The lowest BCUT2D eigenvalue weighted by Crippen LogP contribution is -2.58. The zero-order valence-electron chi connectivity index (χ0n) is 15.3. The van der Waals surface area contributed by atoms with Crippen LogP contribution in [0.1, 0.15) is 64.2 Å². The minimum Gasteiger partial charge on any atom is -0.480 e. The molecule has 0 spiro atoms. The molecule has 3 aliphatic rings. The molecule has 1 aliphatic heterocycles. The van der Waals surface area contributed by atoms with Crippen LogP contribution in [0.4, 0.5) is 0 Å². The number of nitrogens with one attached hydrogen (secondary N) is 2. The first-order valence-electron chi connectivity index (χ1n) is 9.94. The number of thioether (sulfide) groups is 1. The molecule has 1 saturated heterocycles. The number of carboxylic acids is 1. The van der Waals surface area contributed by atoms with Crippen LogP contribution in [0.25, 0.3) is 0 Å². The molecular weight excluding hydrogens is 352 g/mol. The fourth-order valence-electron chi connectivity index (χ4n) is 4.46. The smallest absolute Gasteiger partial charge is 0.329 e. The zero-order valence-corrected chi connectivity index (χ0v) is 16.1. The molecule has 7 heteroatoms. The molecule has 3 N–H and O–H groups in total. The molecule has 2 amide bonds. The summed E-state index contributed by atoms with van der Waals surface area (Å²) >= 11 is 1.74. The van der Waals surface area contributed by atoms with E-state index in [1.54, 1.807) is 11.8 Å². The highest BCUT2D eigenvalue weighted by Gasteiger charge is 2.42. The second-order valence-electron chi connectivity index (χ2n) is 8.03. The normalized spacial score (nSPS) is 29.1. The van der Waals surface area contributed by atoms with E-state index in [1.807, 2.05) is 0 Å². The fourth-order valence-corrected chi connectivity index (χ4v) is 5.65. The Kier molecular flexibility index (Phi) is 6.48. The number of carbonyl (C=O) groups excluding carboxylic acids is 2. The van der Waals surface area contributed by atoms with Gasteiger partial charge in [0.25, 0.3) is 0 Å². The van der Waals surface area contributed by atoms with Crippen molar-refractivity contribution in [3.8, 4) is 0 Å². The summed E-state index contributed by atoms with van der Waals surface area (Å²) in [5.74, 6) is 0.721. The molecule has 0 aromatic heterocycles. The first kappa shape index (κ1) is 19.5. The molecule has 1 heterocycles. The summed E-state index contributed by atoms with van der Waals surface area (Å²) < 4.78 is 0. The number of carboxylic acid groups (broad SMARTS) is 1. The van der Waals surface area contributed by atoms with Gasteiger partial charge in [0.1, 0.15) is 5.54 Å². The second kappa shape index (κ2) is 8.63. The van der Waals surface area contributed by atoms with Crippen LogP contribution >= 0.6 is 11.8 Å². The first-order chi connectivity index (χ1) is 12.5. The Balaban J connectivity index is 1.47. The molecule has 0 bridgehead atoms. The Morgan fingerprint density at radius 3 is 2.00 bits per heavy atom. The van der Waals surface area contributed by atoms with Crippen LogP contribution in [0.3, 0.4) is 0 Å². The van der Waals surface area contributed by atoms with Crippen LogP contribution in [-0.4, -0.2) is 46.0 Å². The zero-order chi connectivity index (χ0) is 18.6. The Bertz CT molecular complexity index is 534. The monoisotopic (exact) mass is 382 g/mol. The van der Waals surface area contributed by atoms with Gasteiger partial charge in [-0.05, 0) is 62.9 Å². The number of hydrogen-bond acceptors (Lipinski definition) is 4. The number of amides is 2. The van der Waals surface area contributed by atoms with Crippen molar-refractivity contribution in [3.05, 3.63) is 0 Å².